The highest BCUT2D eigenvalue weighted by atomic mass is 35.5. The number of anilines is 1. The summed E-state index contributed by atoms with van der Waals surface area (Å²) in [5, 5.41) is 17.0. The largest absolute Gasteiger partial charge is 0.480 e. The standard InChI is InChI=1S/C20H16Cl2N4O2/c1-13(28-17-8-3-2-5-14(17)11-23)20(27)25-18-9-10-24-26(18)12-15-6-4-7-16(21)19(15)22/h2-10,13H,12H2,1H3,(H,25,27). The van der Waals surface area contributed by atoms with Gasteiger partial charge in [0.1, 0.15) is 17.6 Å². The summed E-state index contributed by atoms with van der Waals surface area (Å²) in [6.07, 6.45) is 0.762. The van der Waals surface area contributed by atoms with E-state index in [1.54, 1.807) is 60.3 Å². The quantitative estimate of drug-likeness (QED) is 0.642. The molecule has 0 spiro atoms. The van der Waals surface area contributed by atoms with Crippen LogP contribution in [0.25, 0.3) is 0 Å². The van der Waals surface area contributed by atoms with Crippen molar-refractivity contribution in [2.75, 3.05) is 5.32 Å². The summed E-state index contributed by atoms with van der Waals surface area (Å²) < 4.78 is 7.24. The second kappa shape index (κ2) is 8.79. The van der Waals surface area contributed by atoms with E-state index in [1.807, 2.05) is 12.1 Å². The summed E-state index contributed by atoms with van der Waals surface area (Å²) in [5.41, 5.74) is 1.14. The SMILES string of the molecule is CC(Oc1ccccc1C#N)C(=O)Nc1ccnn1Cc1cccc(Cl)c1Cl. The monoisotopic (exact) mass is 414 g/mol. The van der Waals surface area contributed by atoms with Crippen LogP contribution in [0.5, 0.6) is 5.75 Å². The maximum atomic E-state index is 12.5. The van der Waals surface area contributed by atoms with E-state index in [1.165, 1.54) is 0 Å². The molecule has 1 aromatic heterocycles. The molecule has 1 atom stereocenters. The first-order valence-electron chi connectivity index (χ1n) is 8.41. The lowest BCUT2D eigenvalue weighted by atomic mass is 10.2. The highest BCUT2D eigenvalue weighted by molar-refractivity contribution is 6.42. The number of rotatable bonds is 6. The molecule has 0 bridgehead atoms. The van der Waals surface area contributed by atoms with E-state index in [0.717, 1.165) is 5.56 Å². The van der Waals surface area contributed by atoms with E-state index < -0.39 is 6.10 Å². The highest BCUT2D eigenvalue weighted by Gasteiger charge is 2.18. The highest BCUT2D eigenvalue weighted by Crippen LogP contribution is 2.26. The van der Waals surface area contributed by atoms with Gasteiger partial charge in [-0.2, -0.15) is 10.4 Å². The van der Waals surface area contributed by atoms with Gasteiger partial charge in [-0.05, 0) is 30.7 Å². The minimum atomic E-state index is -0.812. The second-order valence-electron chi connectivity index (χ2n) is 5.94. The minimum Gasteiger partial charge on any atom is -0.480 e. The molecule has 1 N–H and O–H groups in total. The second-order valence-corrected chi connectivity index (χ2v) is 6.73. The molecule has 3 rings (SSSR count). The van der Waals surface area contributed by atoms with Gasteiger partial charge >= 0.3 is 0 Å². The van der Waals surface area contributed by atoms with Crippen LogP contribution in [0.2, 0.25) is 10.0 Å². The molecule has 0 saturated heterocycles. The van der Waals surface area contributed by atoms with Gasteiger partial charge in [0.2, 0.25) is 0 Å². The van der Waals surface area contributed by atoms with Crippen molar-refractivity contribution in [3.8, 4) is 11.8 Å². The smallest absolute Gasteiger partial charge is 0.266 e. The summed E-state index contributed by atoms with van der Waals surface area (Å²) in [6.45, 7) is 1.95. The van der Waals surface area contributed by atoms with Crippen molar-refractivity contribution >= 4 is 34.9 Å². The van der Waals surface area contributed by atoms with Crippen molar-refractivity contribution in [2.45, 2.75) is 19.6 Å². The third kappa shape index (κ3) is 4.45. The Kier molecular flexibility index (Phi) is 6.19. The van der Waals surface area contributed by atoms with Gasteiger partial charge in [-0.15, -0.1) is 0 Å². The number of halogens is 2. The Bertz CT molecular complexity index is 1040. The van der Waals surface area contributed by atoms with Gasteiger partial charge in [0.25, 0.3) is 5.91 Å². The molecule has 1 heterocycles. The Labute approximate surface area is 172 Å². The number of nitrogens with one attached hydrogen (secondary N) is 1. The van der Waals surface area contributed by atoms with Gasteiger partial charge in [0.15, 0.2) is 6.10 Å². The van der Waals surface area contributed by atoms with Crippen molar-refractivity contribution in [1.82, 2.24) is 9.78 Å². The zero-order chi connectivity index (χ0) is 20.1. The molecule has 1 unspecified atom stereocenters. The fraction of sp³-hybridized carbons (Fsp3) is 0.150. The van der Waals surface area contributed by atoms with Crippen LogP contribution in [0.4, 0.5) is 5.82 Å². The Morgan fingerprint density at radius 1 is 1.25 bits per heavy atom. The molecule has 8 heteroatoms. The van der Waals surface area contributed by atoms with Crippen LogP contribution in [0.1, 0.15) is 18.1 Å². The summed E-state index contributed by atoms with van der Waals surface area (Å²) in [4.78, 5) is 12.5. The molecule has 0 aliphatic rings. The van der Waals surface area contributed by atoms with Gasteiger partial charge in [-0.1, -0.05) is 47.5 Å². The van der Waals surface area contributed by atoms with E-state index in [4.69, 9.17) is 33.2 Å². The minimum absolute atomic E-state index is 0.342. The van der Waals surface area contributed by atoms with E-state index >= 15 is 0 Å². The number of aromatic nitrogens is 2. The van der Waals surface area contributed by atoms with Crippen molar-refractivity contribution < 1.29 is 9.53 Å². The molecule has 0 saturated carbocycles. The lowest BCUT2D eigenvalue weighted by molar-refractivity contribution is -0.122. The average Bonchev–Trinajstić information content (AvgIpc) is 3.12. The summed E-state index contributed by atoms with van der Waals surface area (Å²) in [5.74, 6) is 0.476. The first-order chi connectivity index (χ1) is 13.5. The summed E-state index contributed by atoms with van der Waals surface area (Å²) in [7, 11) is 0. The van der Waals surface area contributed by atoms with Gasteiger partial charge in [-0.25, -0.2) is 4.68 Å². The number of benzene rings is 2. The molecular formula is C20H16Cl2N4O2. The van der Waals surface area contributed by atoms with Crippen LogP contribution in [0, 0.1) is 11.3 Å². The molecule has 0 fully saturated rings. The molecule has 6 nitrogen and oxygen atoms in total. The van der Waals surface area contributed by atoms with Gasteiger partial charge in [0, 0.05) is 6.07 Å². The number of nitrogens with zero attached hydrogens (tertiary/aromatic N) is 3. The topological polar surface area (TPSA) is 79.9 Å². The number of nitriles is 1. The number of carbonyl (C=O) groups is 1. The molecule has 2 aromatic carbocycles. The van der Waals surface area contributed by atoms with E-state index in [0.29, 0.717) is 33.7 Å². The van der Waals surface area contributed by atoms with E-state index in [9.17, 15) is 4.79 Å². The molecule has 0 radical (unpaired) electrons. The molecular weight excluding hydrogens is 399 g/mol. The number of amides is 1. The maximum Gasteiger partial charge on any atom is 0.266 e. The van der Waals surface area contributed by atoms with Crippen molar-refractivity contribution in [3.63, 3.8) is 0 Å². The fourth-order valence-electron chi connectivity index (χ4n) is 2.53. The number of para-hydroxylation sites is 1. The van der Waals surface area contributed by atoms with Crippen molar-refractivity contribution in [2.24, 2.45) is 0 Å². The Balaban J connectivity index is 1.71. The lowest BCUT2D eigenvalue weighted by Crippen LogP contribution is -2.31. The maximum absolute atomic E-state index is 12.5. The summed E-state index contributed by atoms with van der Waals surface area (Å²) >= 11 is 12.3. The van der Waals surface area contributed by atoms with Gasteiger partial charge < -0.3 is 10.1 Å². The third-order valence-electron chi connectivity index (χ3n) is 4.00. The normalized spacial score (nSPS) is 11.5. The van der Waals surface area contributed by atoms with E-state index in [-0.39, 0.29) is 5.91 Å². The van der Waals surface area contributed by atoms with Crippen LogP contribution in [-0.2, 0) is 11.3 Å². The van der Waals surface area contributed by atoms with Gasteiger partial charge in [-0.3, -0.25) is 4.79 Å². The molecule has 0 aliphatic heterocycles. The molecule has 1 amide bonds. The molecule has 28 heavy (non-hydrogen) atoms. The first kappa shape index (κ1) is 19.7. The number of hydrogen-bond acceptors (Lipinski definition) is 4. The Morgan fingerprint density at radius 2 is 2.04 bits per heavy atom. The van der Waals surface area contributed by atoms with Crippen LogP contribution >= 0.6 is 23.2 Å². The number of hydrogen-bond donors (Lipinski definition) is 1. The van der Waals surface area contributed by atoms with Crippen molar-refractivity contribution in [3.05, 3.63) is 75.9 Å². The summed E-state index contributed by atoms with van der Waals surface area (Å²) in [6, 6.07) is 15.8. The predicted octanol–water partition coefficient (Wildman–Crippen LogP) is 4.52. The fourth-order valence-corrected chi connectivity index (χ4v) is 2.91. The van der Waals surface area contributed by atoms with Gasteiger partial charge in [0.05, 0.1) is 28.4 Å². The number of carbonyl (C=O) groups excluding carboxylic acids is 1. The zero-order valence-electron chi connectivity index (χ0n) is 14.9. The third-order valence-corrected chi connectivity index (χ3v) is 4.86. The number of ether oxygens (including phenoxy) is 1. The molecule has 3 aromatic rings. The Hall–Kier alpha value is -3.01. The zero-order valence-corrected chi connectivity index (χ0v) is 16.4. The van der Waals surface area contributed by atoms with Crippen LogP contribution in [0.3, 0.4) is 0 Å². The molecule has 142 valence electrons. The predicted molar refractivity (Wildman–Crippen MR) is 108 cm³/mol. The van der Waals surface area contributed by atoms with Crippen LogP contribution < -0.4 is 10.1 Å². The van der Waals surface area contributed by atoms with Crippen molar-refractivity contribution in [1.29, 1.82) is 5.26 Å². The van der Waals surface area contributed by atoms with E-state index in [2.05, 4.69) is 10.4 Å². The lowest BCUT2D eigenvalue weighted by Gasteiger charge is -2.16. The molecule has 0 aliphatic carbocycles. The first-order valence-corrected chi connectivity index (χ1v) is 9.16. The van der Waals surface area contributed by atoms with Crippen LogP contribution in [0.15, 0.2) is 54.7 Å². The van der Waals surface area contributed by atoms with Crippen LogP contribution in [-0.4, -0.2) is 21.8 Å². The average molecular weight is 415 g/mol. The Morgan fingerprint density at radius 3 is 2.82 bits per heavy atom.